The lowest BCUT2D eigenvalue weighted by Crippen LogP contribution is -2.50. The summed E-state index contributed by atoms with van der Waals surface area (Å²) in [5.74, 6) is -1.28. The molecule has 1 aromatic rings. The molecule has 0 aromatic carbocycles. The van der Waals surface area contributed by atoms with E-state index in [2.05, 4.69) is 0 Å². The summed E-state index contributed by atoms with van der Waals surface area (Å²) in [6.45, 7) is 9.66. The molecule has 0 aliphatic carbocycles. The third-order valence-electron chi connectivity index (χ3n) is 3.79. The van der Waals surface area contributed by atoms with Crippen LogP contribution in [0.2, 0.25) is 0 Å². The van der Waals surface area contributed by atoms with Gasteiger partial charge in [0, 0.05) is 25.0 Å². The molecule has 0 aliphatic rings. The smallest absolute Gasteiger partial charge is 0.329 e. The second kappa shape index (κ2) is 5.07. The number of aromatic nitrogens is 1. The summed E-state index contributed by atoms with van der Waals surface area (Å²) in [5, 5.41) is 9.18. The van der Waals surface area contributed by atoms with E-state index in [9.17, 15) is 14.7 Å². The number of aliphatic carboxylic acids is 1. The van der Waals surface area contributed by atoms with Crippen molar-refractivity contribution in [2.45, 2.75) is 46.7 Å². The van der Waals surface area contributed by atoms with Crippen molar-refractivity contribution in [1.29, 1.82) is 0 Å². The lowest BCUT2D eigenvalue weighted by Gasteiger charge is -2.31. The molecule has 1 rings (SSSR count). The van der Waals surface area contributed by atoms with E-state index in [1.54, 1.807) is 0 Å². The molecule has 1 amide bonds. The van der Waals surface area contributed by atoms with Gasteiger partial charge >= 0.3 is 5.97 Å². The Hall–Kier alpha value is -1.78. The fraction of sp³-hybridized carbons (Fsp3) is 0.571. The first-order valence-corrected chi connectivity index (χ1v) is 6.32. The van der Waals surface area contributed by atoms with Crippen LogP contribution in [0.3, 0.4) is 0 Å². The van der Waals surface area contributed by atoms with Crippen molar-refractivity contribution in [3.05, 3.63) is 23.0 Å². The number of carbonyl (C=O) groups is 2. The van der Waals surface area contributed by atoms with Gasteiger partial charge in [-0.15, -0.1) is 0 Å². The van der Waals surface area contributed by atoms with Crippen molar-refractivity contribution in [1.82, 2.24) is 9.47 Å². The zero-order valence-electron chi connectivity index (χ0n) is 12.4. The van der Waals surface area contributed by atoms with Crippen LogP contribution in [-0.2, 0) is 11.3 Å². The van der Waals surface area contributed by atoms with Gasteiger partial charge in [0.25, 0.3) is 5.91 Å². The number of hydrogen-bond donors (Lipinski definition) is 1. The number of carboxylic acids is 1. The number of amides is 1. The Morgan fingerprint density at radius 3 is 2.26 bits per heavy atom. The van der Waals surface area contributed by atoms with Gasteiger partial charge in [0.15, 0.2) is 0 Å². The van der Waals surface area contributed by atoms with E-state index in [1.807, 2.05) is 31.4 Å². The van der Waals surface area contributed by atoms with E-state index in [0.29, 0.717) is 5.56 Å². The predicted octanol–water partition coefficient (Wildman–Crippen LogP) is 2.06. The van der Waals surface area contributed by atoms with Gasteiger partial charge in [-0.3, -0.25) is 4.79 Å². The maximum atomic E-state index is 12.4. The molecule has 5 heteroatoms. The zero-order valence-corrected chi connectivity index (χ0v) is 12.4. The van der Waals surface area contributed by atoms with E-state index >= 15 is 0 Å². The number of nitrogens with zero attached hydrogens (tertiary/aromatic N) is 2. The average Bonchev–Trinajstić information content (AvgIpc) is 2.62. The van der Waals surface area contributed by atoms with Crippen LogP contribution >= 0.6 is 0 Å². The fourth-order valence-corrected chi connectivity index (χ4v) is 2.08. The molecule has 0 spiro atoms. The number of aryl methyl sites for hydroxylation is 1. The van der Waals surface area contributed by atoms with Crippen molar-refractivity contribution >= 4 is 11.9 Å². The molecule has 5 nitrogen and oxygen atoms in total. The molecule has 106 valence electrons. The second-order valence-corrected chi connectivity index (χ2v) is 5.26. The van der Waals surface area contributed by atoms with Crippen LogP contribution in [0.15, 0.2) is 6.07 Å². The molecule has 0 atom stereocenters. The number of rotatable bonds is 4. The van der Waals surface area contributed by atoms with E-state index < -0.39 is 11.5 Å². The van der Waals surface area contributed by atoms with Crippen LogP contribution in [0.4, 0.5) is 0 Å². The highest BCUT2D eigenvalue weighted by Gasteiger charge is 2.36. The van der Waals surface area contributed by atoms with Gasteiger partial charge in [-0.1, -0.05) is 0 Å². The average molecular weight is 266 g/mol. The standard InChI is InChI=1S/C14H22N2O3/c1-7-16-9(2)8-11(10(16)3)12(17)15(6)14(4,5)13(18)19/h8H,7H2,1-6H3,(H,18,19). The third kappa shape index (κ3) is 2.50. The number of hydrogen-bond acceptors (Lipinski definition) is 2. The summed E-state index contributed by atoms with van der Waals surface area (Å²) < 4.78 is 2.04. The molecule has 0 radical (unpaired) electrons. The van der Waals surface area contributed by atoms with Gasteiger partial charge in [-0.05, 0) is 40.7 Å². The van der Waals surface area contributed by atoms with Crippen LogP contribution in [0.5, 0.6) is 0 Å². The summed E-state index contributed by atoms with van der Waals surface area (Å²) in [4.78, 5) is 24.9. The number of carbonyl (C=O) groups excluding carboxylic acids is 1. The van der Waals surface area contributed by atoms with Gasteiger partial charge in [0.1, 0.15) is 5.54 Å². The molecular weight excluding hydrogens is 244 g/mol. The van der Waals surface area contributed by atoms with Crippen molar-refractivity contribution in [3.8, 4) is 0 Å². The third-order valence-corrected chi connectivity index (χ3v) is 3.79. The Bertz CT molecular complexity index is 515. The minimum atomic E-state index is -1.23. The van der Waals surface area contributed by atoms with Crippen molar-refractivity contribution < 1.29 is 14.7 Å². The van der Waals surface area contributed by atoms with E-state index in [0.717, 1.165) is 17.9 Å². The van der Waals surface area contributed by atoms with Gasteiger partial charge in [-0.2, -0.15) is 0 Å². The van der Waals surface area contributed by atoms with E-state index in [1.165, 1.54) is 25.8 Å². The molecule has 0 saturated heterocycles. The summed E-state index contributed by atoms with van der Waals surface area (Å²) in [7, 11) is 1.52. The zero-order chi connectivity index (χ0) is 15.0. The first-order chi connectivity index (χ1) is 8.64. The highest BCUT2D eigenvalue weighted by molar-refractivity contribution is 5.98. The molecule has 0 bridgehead atoms. The predicted molar refractivity (Wildman–Crippen MR) is 73.4 cm³/mol. The lowest BCUT2D eigenvalue weighted by molar-refractivity contribution is -0.147. The van der Waals surface area contributed by atoms with Gasteiger partial charge < -0.3 is 14.6 Å². The van der Waals surface area contributed by atoms with Crippen molar-refractivity contribution in [2.75, 3.05) is 7.05 Å². The highest BCUT2D eigenvalue weighted by Crippen LogP contribution is 2.21. The maximum absolute atomic E-state index is 12.4. The van der Waals surface area contributed by atoms with Crippen LogP contribution < -0.4 is 0 Å². The fourth-order valence-electron chi connectivity index (χ4n) is 2.08. The van der Waals surface area contributed by atoms with E-state index in [4.69, 9.17) is 0 Å². The minimum Gasteiger partial charge on any atom is -0.480 e. The van der Waals surface area contributed by atoms with Gasteiger partial charge in [0.05, 0.1) is 5.56 Å². The molecular formula is C14H22N2O3. The monoisotopic (exact) mass is 266 g/mol. The lowest BCUT2D eigenvalue weighted by atomic mass is 10.0. The van der Waals surface area contributed by atoms with Crippen LogP contribution in [-0.4, -0.2) is 39.0 Å². The molecule has 1 N–H and O–H groups in total. The highest BCUT2D eigenvalue weighted by atomic mass is 16.4. The summed E-state index contributed by atoms with van der Waals surface area (Å²) in [5.41, 5.74) is 1.21. The Morgan fingerprint density at radius 1 is 1.37 bits per heavy atom. The summed E-state index contributed by atoms with van der Waals surface area (Å²) in [6.07, 6.45) is 0. The number of likely N-dealkylation sites (N-methyl/N-ethyl adjacent to an activating group) is 1. The minimum absolute atomic E-state index is 0.264. The molecule has 1 heterocycles. The van der Waals surface area contributed by atoms with Crippen LogP contribution in [0.1, 0.15) is 42.5 Å². The van der Waals surface area contributed by atoms with Gasteiger partial charge in [-0.25, -0.2) is 4.79 Å². The summed E-state index contributed by atoms with van der Waals surface area (Å²) >= 11 is 0. The maximum Gasteiger partial charge on any atom is 0.329 e. The first-order valence-electron chi connectivity index (χ1n) is 6.32. The van der Waals surface area contributed by atoms with E-state index in [-0.39, 0.29) is 5.91 Å². The Morgan fingerprint density at radius 2 is 1.89 bits per heavy atom. The topological polar surface area (TPSA) is 62.5 Å². The van der Waals surface area contributed by atoms with Crippen molar-refractivity contribution in [2.24, 2.45) is 0 Å². The summed E-state index contributed by atoms with van der Waals surface area (Å²) in [6, 6.07) is 1.82. The molecule has 0 saturated carbocycles. The molecule has 0 unspecified atom stereocenters. The number of carboxylic acid groups (broad SMARTS) is 1. The second-order valence-electron chi connectivity index (χ2n) is 5.26. The van der Waals surface area contributed by atoms with Gasteiger partial charge in [0.2, 0.25) is 0 Å². The Kier molecular flexibility index (Phi) is 4.08. The quantitative estimate of drug-likeness (QED) is 0.907. The van der Waals surface area contributed by atoms with Crippen molar-refractivity contribution in [3.63, 3.8) is 0 Å². The Balaban J connectivity index is 3.18. The SMILES string of the molecule is CCn1c(C)cc(C(=O)N(C)C(C)(C)C(=O)O)c1C. The largest absolute Gasteiger partial charge is 0.480 e. The molecule has 0 fully saturated rings. The Labute approximate surface area is 113 Å². The first kappa shape index (κ1) is 15.3. The normalized spacial score (nSPS) is 11.5. The molecule has 0 aliphatic heterocycles. The van der Waals surface area contributed by atoms with Crippen LogP contribution in [0.25, 0.3) is 0 Å². The molecule has 1 aromatic heterocycles. The van der Waals surface area contributed by atoms with Crippen LogP contribution in [0, 0.1) is 13.8 Å². The molecule has 19 heavy (non-hydrogen) atoms.